The molecule has 1 heterocycles. The maximum Gasteiger partial charge on any atom is 0.420 e. The van der Waals surface area contributed by atoms with Crippen LogP contribution in [0, 0.1) is 5.41 Å². The Kier molecular flexibility index (Phi) is 6.02. The predicted molar refractivity (Wildman–Crippen MR) is 120 cm³/mol. The van der Waals surface area contributed by atoms with Crippen molar-refractivity contribution >= 4 is 18.0 Å². The monoisotopic (exact) mass is 490 g/mol. The minimum absolute atomic E-state index is 0.00690. The number of nitrogens with zero attached hydrogens (tertiary/aromatic N) is 1. The van der Waals surface area contributed by atoms with Crippen LogP contribution in [0.2, 0.25) is 0 Å². The number of ether oxygens (including phenoxy) is 1. The van der Waals surface area contributed by atoms with E-state index in [9.17, 15) is 32.7 Å². The third-order valence-electron chi connectivity index (χ3n) is 6.97. The van der Waals surface area contributed by atoms with Crippen molar-refractivity contribution in [2.45, 2.75) is 37.9 Å². The van der Waals surface area contributed by atoms with Crippen molar-refractivity contribution in [3.05, 3.63) is 59.7 Å². The summed E-state index contributed by atoms with van der Waals surface area (Å²) < 4.78 is 47.3. The Morgan fingerprint density at radius 2 is 1.63 bits per heavy atom. The van der Waals surface area contributed by atoms with E-state index in [4.69, 9.17) is 4.74 Å². The van der Waals surface area contributed by atoms with E-state index in [2.05, 4.69) is 0 Å². The van der Waals surface area contributed by atoms with Gasteiger partial charge in [-0.15, -0.1) is 0 Å². The summed E-state index contributed by atoms with van der Waals surface area (Å²) in [4.78, 5) is 37.7. The molecule has 0 spiro atoms. The van der Waals surface area contributed by atoms with Gasteiger partial charge in [-0.3, -0.25) is 14.9 Å². The number of benzene rings is 2. The van der Waals surface area contributed by atoms with E-state index in [1.54, 1.807) is 5.32 Å². The van der Waals surface area contributed by atoms with Crippen molar-refractivity contribution in [1.82, 2.24) is 10.2 Å². The second-order valence-corrected chi connectivity index (χ2v) is 9.42. The van der Waals surface area contributed by atoms with Gasteiger partial charge in [0.25, 0.3) is 5.91 Å². The quantitative estimate of drug-likeness (QED) is 0.656. The van der Waals surface area contributed by atoms with Gasteiger partial charge in [0.2, 0.25) is 5.54 Å². The molecule has 2 aromatic rings. The summed E-state index contributed by atoms with van der Waals surface area (Å²) in [7, 11) is 0. The van der Waals surface area contributed by atoms with Crippen molar-refractivity contribution in [3.63, 3.8) is 0 Å². The molecule has 35 heavy (non-hydrogen) atoms. The predicted octanol–water partition coefficient (Wildman–Crippen LogP) is 4.17. The van der Waals surface area contributed by atoms with Crippen molar-refractivity contribution < 1.29 is 37.4 Å². The molecule has 186 valence electrons. The first kappa shape index (κ1) is 24.6. The molecule has 1 aliphatic carbocycles. The molecule has 0 radical (unpaired) electrons. The summed E-state index contributed by atoms with van der Waals surface area (Å²) in [6.07, 6.45) is -6.52. The zero-order chi connectivity index (χ0) is 25.6. The van der Waals surface area contributed by atoms with Crippen LogP contribution in [0.25, 0.3) is 11.1 Å². The lowest BCUT2D eigenvalue weighted by atomic mass is 9.90. The Hall–Kier alpha value is -3.56. The molecule has 0 bridgehead atoms. The van der Waals surface area contributed by atoms with Gasteiger partial charge in [-0.1, -0.05) is 48.5 Å². The minimum atomic E-state index is -5.14. The smallest absolute Gasteiger partial charge is 0.420 e. The summed E-state index contributed by atoms with van der Waals surface area (Å²) in [6, 6.07) is 15.0. The van der Waals surface area contributed by atoms with E-state index in [1.165, 1.54) is 6.92 Å². The van der Waals surface area contributed by atoms with E-state index < -0.39 is 35.1 Å². The number of nitrogens with one attached hydrogen (secondary N) is 1. The molecule has 1 saturated heterocycles. The third kappa shape index (κ3) is 4.21. The number of hydrogen-bond acceptors (Lipinski definition) is 4. The van der Waals surface area contributed by atoms with E-state index in [1.807, 2.05) is 48.5 Å². The number of amides is 2. The molecule has 0 saturated carbocycles. The minimum Gasteiger partial charge on any atom is -0.481 e. The van der Waals surface area contributed by atoms with Crippen LogP contribution in [0.1, 0.15) is 37.3 Å². The summed E-state index contributed by atoms with van der Waals surface area (Å²) >= 11 is 0. The molecule has 1 aliphatic heterocycles. The molecule has 2 N–H and O–H groups in total. The summed E-state index contributed by atoms with van der Waals surface area (Å²) in [6.45, 7) is 1.15. The number of alkyl halides is 3. The lowest BCUT2D eigenvalue weighted by molar-refractivity contribution is -0.199. The first-order chi connectivity index (χ1) is 16.4. The second-order valence-electron chi connectivity index (χ2n) is 9.42. The molecule has 2 aromatic carbocycles. The number of aliphatic carboxylic acids is 1. The van der Waals surface area contributed by atoms with Crippen LogP contribution in [0.4, 0.5) is 18.0 Å². The van der Waals surface area contributed by atoms with E-state index >= 15 is 0 Å². The normalized spacial score (nSPS) is 21.1. The average Bonchev–Trinajstić information content (AvgIpc) is 3.36. The van der Waals surface area contributed by atoms with E-state index in [-0.39, 0.29) is 32.0 Å². The number of alkyl carbamates (subject to hydrolysis) is 1. The average molecular weight is 490 g/mol. The molecule has 2 aliphatic rings. The van der Waals surface area contributed by atoms with E-state index in [0.29, 0.717) is 6.92 Å². The van der Waals surface area contributed by atoms with Crippen molar-refractivity contribution in [2.24, 2.45) is 5.41 Å². The Morgan fingerprint density at radius 3 is 2.11 bits per heavy atom. The number of fused-ring (bicyclic) bond motifs is 3. The Balaban J connectivity index is 1.50. The molecule has 4 rings (SSSR count). The Bertz CT molecular complexity index is 1140. The fourth-order valence-corrected chi connectivity index (χ4v) is 4.71. The number of carbonyl (C=O) groups is 3. The molecular weight excluding hydrogens is 465 g/mol. The number of rotatable bonds is 5. The maximum absolute atomic E-state index is 14.0. The number of halogens is 3. The first-order valence-electron chi connectivity index (χ1n) is 11.1. The number of carboxylic acid groups (broad SMARTS) is 1. The molecular formula is C25H25F3N2O5. The van der Waals surface area contributed by atoms with Crippen molar-refractivity contribution in [1.29, 1.82) is 0 Å². The number of carboxylic acids is 1. The highest BCUT2D eigenvalue weighted by atomic mass is 19.4. The van der Waals surface area contributed by atoms with Gasteiger partial charge in [-0.05, 0) is 42.5 Å². The third-order valence-corrected chi connectivity index (χ3v) is 6.97. The van der Waals surface area contributed by atoms with Crippen LogP contribution < -0.4 is 5.32 Å². The van der Waals surface area contributed by atoms with Gasteiger partial charge in [0.05, 0.1) is 5.41 Å². The Labute approximate surface area is 199 Å². The van der Waals surface area contributed by atoms with Crippen molar-refractivity contribution in [2.75, 3.05) is 19.7 Å². The lowest BCUT2D eigenvalue weighted by Crippen LogP contribution is -2.65. The summed E-state index contributed by atoms with van der Waals surface area (Å²) in [5.41, 5.74) is -0.932. The van der Waals surface area contributed by atoms with Crippen LogP contribution in [-0.2, 0) is 14.3 Å². The molecule has 2 amide bonds. The van der Waals surface area contributed by atoms with Gasteiger partial charge in [0.15, 0.2) is 0 Å². The highest BCUT2D eigenvalue weighted by Gasteiger charge is 2.61. The topological polar surface area (TPSA) is 95.9 Å². The fraction of sp³-hybridized carbons (Fsp3) is 0.400. The van der Waals surface area contributed by atoms with Gasteiger partial charge in [0.1, 0.15) is 6.61 Å². The Morgan fingerprint density at radius 1 is 1.09 bits per heavy atom. The lowest BCUT2D eigenvalue weighted by Gasteiger charge is -2.35. The fourth-order valence-electron chi connectivity index (χ4n) is 4.71. The maximum atomic E-state index is 14.0. The van der Waals surface area contributed by atoms with Gasteiger partial charge in [-0.2, -0.15) is 13.2 Å². The van der Waals surface area contributed by atoms with Gasteiger partial charge in [-0.25, -0.2) is 4.79 Å². The molecule has 1 fully saturated rings. The second kappa shape index (κ2) is 8.58. The SMILES string of the molecule is CC1(C(=O)O)CCN(C(=O)C(C)(NC(=O)OCC2c3ccccc3-c3ccccc32)C(F)(F)F)C1. The van der Waals surface area contributed by atoms with E-state index in [0.717, 1.165) is 27.2 Å². The number of hydrogen-bond donors (Lipinski definition) is 2. The number of carbonyl (C=O) groups excluding carboxylic acids is 2. The van der Waals surface area contributed by atoms with Crippen LogP contribution in [0.3, 0.4) is 0 Å². The largest absolute Gasteiger partial charge is 0.481 e. The molecule has 10 heteroatoms. The molecule has 7 nitrogen and oxygen atoms in total. The molecule has 2 atom stereocenters. The summed E-state index contributed by atoms with van der Waals surface area (Å²) in [5.74, 6) is -3.00. The zero-order valence-corrected chi connectivity index (χ0v) is 19.2. The zero-order valence-electron chi connectivity index (χ0n) is 19.2. The van der Waals surface area contributed by atoms with Crippen LogP contribution in [0.5, 0.6) is 0 Å². The highest BCUT2D eigenvalue weighted by molar-refractivity contribution is 5.91. The van der Waals surface area contributed by atoms with Gasteiger partial charge < -0.3 is 14.7 Å². The van der Waals surface area contributed by atoms with Gasteiger partial charge in [0, 0.05) is 19.0 Å². The summed E-state index contributed by atoms with van der Waals surface area (Å²) in [5, 5.41) is 11.1. The first-order valence-corrected chi connectivity index (χ1v) is 11.1. The van der Waals surface area contributed by atoms with Crippen molar-refractivity contribution in [3.8, 4) is 11.1 Å². The van der Waals surface area contributed by atoms with Crippen LogP contribution in [0.15, 0.2) is 48.5 Å². The van der Waals surface area contributed by atoms with Crippen LogP contribution >= 0.6 is 0 Å². The highest BCUT2D eigenvalue weighted by Crippen LogP contribution is 2.44. The van der Waals surface area contributed by atoms with Gasteiger partial charge >= 0.3 is 18.2 Å². The molecule has 2 unspecified atom stereocenters. The van der Waals surface area contributed by atoms with Crippen LogP contribution in [-0.4, -0.2) is 59.4 Å². The molecule has 0 aromatic heterocycles. The number of likely N-dealkylation sites (tertiary alicyclic amines) is 1. The standard InChI is InChI=1S/C25H25F3N2O5/c1-23(21(32)33)11-12-30(14-23)20(31)24(2,25(26,27)28)29-22(34)35-13-19-17-9-5-3-7-15(17)16-8-4-6-10-18(16)19/h3-10,19H,11-14H2,1-2H3,(H,29,34)(H,32,33).